The van der Waals surface area contributed by atoms with E-state index in [0.717, 1.165) is 0 Å². The van der Waals surface area contributed by atoms with Gasteiger partial charge < -0.3 is 19.0 Å². The maximum atomic E-state index is 10.2. The summed E-state index contributed by atoms with van der Waals surface area (Å²) in [5.74, 6) is 0. The average molecular weight is 274 g/mol. The number of rotatable bonds is 4. The molecule has 1 fully saturated rings. The lowest BCUT2D eigenvalue weighted by molar-refractivity contribution is -0.139. The monoisotopic (exact) mass is 274 g/mol. The summed E-state index contributed by atoms with van der Waals surface area (Å²) >= 11 is 0. The molecule has 0 unspecified atom stereocenters. The molecule has 5 heteroatoms. The third-order valence-electron chi connectivity index (χ3n) is 3.93. The number of ether oxygens (including phenoxy) is 2. The van der Waals surface area contributed by atoms with Gasteiger partial charge in [0, 0.05) is 7.11 Å². The molecule has 0 bridgehead atoms. The third kappa shape index (κ3) is 3.03. The van der Waals surface area contributed by atoms with Gasteiger partial charge in [-0.25, -0.2) is 0 Å². The Labute approximate surface area is 111 Å². The van der Waals surface area contributed by atoms with Crippen molar-refractivity contribution >= 4 is 8.32 Å². The van der Waals surface area contributed by atoms with Crippen molar-refractivity contribution in [3.63, 3.8) is 0 Å². The van der Waals surface area contributed by atoms with Crippen LogP contribution < -0.4 is 0 Å². The molecule has 0 saturated carbocycles. The van der Waals surface area contributed by atoms with Crippen LogP contribution in [-0.4, -0.2) is 45.1 Å². The molecule has 1 N–H and O–H groups in total. The molecule has 0 aromatic carbocycles. The van der Waals surface area contributed by atoms with E-state index in [1.54, 1.807) is 13.2 Å². The fourth-order valence-corrected chi connectivity index (χ4v) is 2.97. The molecular weight excluding hydrogens is 248 g/mol. The highest BCUT2D eigenvalue weighted by Crippen LogP contribution is 2.39. The highest BCUT2D eigenvalue weighted by Gasteiger charge is 2.49. The lowest BCUT2D eigenvalue weighted by Gasteiger charge is -2.39. The van der Waals surface area contributed by atoms with E-state index >= 15 is 0 Å². The standard InChI is InChI=1S/C13H26O4Si/c1-8-9-10(14)11(12(15-5)16-9)17-18(6,7)13(2,3)4/h8-12,14H,1H2,2-7H3/t9-,10+,11-,12-/m1/s1. The van der Waals surface area contributed by atoms with E-state index in [1.807, 2.05) is 0 Å². The minimum atomic E-state index is -1.97. The van der Waals surface area contributed by atoms with Crippen molar-refractivity contribution in [1.29, 1.82) is 0 Å². The molecule has 1 rings (SSSR count). The van der Waals surface area contributed by atoms with Crippen LogP contribution in [-0.2, 0) is 13.9 Å². The molecule has 1 aliphatic rings. The highest BCUT2D eigenvalue weighted by molar-refractivity contribution is 6.74. The van der Waals surface area contributed by atoms with Crippen LogP contribution in [0.4, 0.5) is 0 Å². The summed E-state index contributed by atoms with van der Waals surface area (Å²) < 4.78 is 17.0. The topological polar surface area (TPSA) is 47.9 Å². The van der Waals surface area contributed by atoms with Crippen LogP contribution in [0.1, 0.15) is 20.8 Å². The van der Waals surface area contributed by atoms with Crippen LogP contribution in [0.15, 0.2) is 12.7 Å². The van der Waals surface area contributed by atoms with Gasteiger partial charge in [-0.3, -0.25) is 0 Å². The lowest BCUT2D eigenvalue weighted by atomic mass is 10.1. The van der Waals surface area contributed by atoms with E-state index in [0.29, 0.717) is 0 Å². The SMILES string of the molecule is C=C[C@H]1O[C@@H](OC)[C@H](O[Si](C)(C)C(C)(C)C)[C@H]1O. The number of aliphatic hydroxyl groups excluding tert-OH is 1. The van der Waals surface area contributed by atoms with Gasteiger partial charge in [0.25, 0.3) is 0 Å². The largest absolute Gasteiger partial charge is 0.406 e. The molecule has 1 heterocycles. The predicted octanol–water partition coefficient (Wildman–Crippen LogP) is 2.30. The van der Waals surface area contributed by atoms with Gasteiger partial charge in [-0.2, -0.15) is 0 Å². The summed E-state index contributed by atoms with van der Waals surface area (Å²) in [6, 6.07) is 0. The summed E-state index contributed by atoms with van der Waals surface area (Å²) in [6.07, 6.45) is -0.534. The number of hydrogen-bond acceptors (Lipinski definition) is 4. The van der Waals surface area contributed by atoms with E-state index in [4.69, 9.17) is 13.9 Å². The molecule has 1 saturated heterocycles. The van der Waals surface area contributed by atoms with Gasteiger partial charge in [-0.05, 0) is 18.1 Å². The smallest absolute Gasteiger partial charge is 0.192 e. The van der Waals surface area contributed by atoms with Crippen molar-refractivity contribution < 1.29 is 19.0 Å². The van der Waals surface area contributed by atoms with Crippen LogP contribution >= 0.6 is 0 Å². The van der Waals surface area contributed by atoms with Crippen LogP contribution in [0, 0.1) is 0 Å². The third-order valence-corrected chi connectivity index (χ3v) is 8.41. The molecular formula is C13H26O4Si. The normalized spacial score (nSPS) is 33.7. The molecule has 1 aliphatic heterocycles. The maximum Gasteiger partial charge on any atom is 0.192 e. The van der Waals surface area contributed by atoms with Gasteiger partial charge in [-0.15, -0.1) is 6.58 Å². The first kappa shape index (κ1) is 15.9. The van der Waals surface area contributed by atoms with Crippen LogP contribution in [0.25, 0.3) is 0 Å². The van der Waals surface area contributed by atoms with Crippen molar-refractivity contribution in [3.8, 4) is 0 Å². The Kier molecular flexibility index (Phi) is 4.78. The van der Waals surface area contributed by atoms with Crippen molar-refractivity contribution in [2.45, 2.75) is 63.5 Å². The van der Waals surface area contributed by atoms with Crippen LogP contribution in [0.3, 0.4) is 0 Å². The zero-order valence-corrected chi connectivity index (χ0v) is 13.3. The first-order valence-electron chi connectivity index (χ1n) is 6.30. The molecule has 4 atom stereocenters. The minimum absolute atomic E-state index is 0.0806. The van der Waals surface area contributed by atoms with Gasteiger partial charge in [0.1, 0.15) is 18.3 Å². The Bertz CT molecular complexity index is 298. The zero-order valence-electron chi connectivity index (χ0n) is 12.3. The van der Waals surface area contributed by atoms with E-state index in [1.165, 1.54) is 0 Å². The average Bonchev–Trinajstić information content (AvgIpc) is 2.54. The Hall–Kier alpha value is -0.203. The van der Waals surface area contributed by atoms with Crippen molar-refractivity contribution in [1.82, 2.24) is 0 Å². The zero-order chi connectivity index (χ0) is 14.1. The van der Waals surface area contributed by atoms with Gasteiger partial charge in [0.05, 0.1) is 0 Å². The predicted molar refractivity (Wildman–Crippen MR) is 73.9 cm³/mol. The number of hydrogen-bond donors (Lipinski definition) is 1. The van der Waals surface area contributed by atoms with E-state index in [-0.39, 0.29) is 5.04 Å². The summed E-state index contributed by atoms with van der Waals surface area (Å²) in [5.41, 5.74) is 0. The lowest BCUT2D eigenvalue weighted by Crippen LogP contribution is -2.49. The Morgan fingerprint density at radius 3 is 2.28 bits per heavy atom. The molecule has 0 spiro atoms. The summed E-state index contributed by atoms with van der Waals surface area (Å²) in [6.45, 7) is 14.4. The Balaban J connectivity index is 2.85. The molecule has 0 radical (unpaired) electrons. The van der Waals surface area contributed by atoms with Gasteiger partial charge in [0.2, 0.25) is 0 Å². The molecule has 106 valence electrons. The maximum absolute atomic E-state index is 10.2. The number of aliphatic hydroxyl groups is 1. The molecule has 0 aliphatic carbocycles. The van der Waals surface area contributed by atoms with E-state index in [2.05, 4.69) is 40.4 Å². The summed E-state index contributed by atoms with van der Waals surface area (Å²) in [7, 11) is -0.406. The number of methoxy groups -OCH3 is 1. The van der Waals surface area contributed by atoms with Gasteiger partial charge >= 0.3 is 0 Å². The highest BCUT2D eigenvalue weighted by atomic mass is 28.4. The van der Waals surface area contributed by atoms with Gasteiger partial charge in [-0.1, -0.05) is 26.8 Å². The van der Waals surface area contributed by atoms with Crippen molar-refractivity contribution in [3.05, 3.63) is 12.7 Å². The molecule has 0 aromatic rings. The molecule has 0 aromatic heterocycles. The first-order chi connectivity index (χ1) is 8.14. The molecule has 4 nitrogen and oxygen atoms in total. The van der Waals surface area contributed by atoms with Crippen LogP contribution in [0.2, 0.25) is 18.1 Å². The minimum Gasteiger partial charge on any atom is -0.406 e. The fourth-order valence-electron chi connectivity index (χ4n) is 1.69. The molecule has 18 heavy (non-hydrogen) atoms. The fraction of sp³-hybridized carbons (Fsp3) is 0.846. The van der Waals surface area contributed by atoms with E-state index < -0.39 is 32.9 Å². The molecule has 0 amide bonds. The second kappa shape index (κ2) is 5.42. The first-order valence-corrected chi connectivity index (χ1v) is 9.21. The Morgan fingerprint density at radius 2 is 1.89 bits per heavy atom. The van der Waals surface area contributed by atoms with Crippen molar-refractivity contribution in [2.75, 3.05) is 7.11 Å². The van der Waals surface area contributed by atoms with E-state index in [9.17, 15) is 5.11 Å². The second-order valence-electron chi connectivity index (χ2n) is 6.27. The summed E-state index contributed by atoms with van der Waals surface area (Å²) in [4.78, 5) is 0. The van der Waals surface area contributed by atoms with Gasteiger partial charge in [0.15, 0.2) is 14.6 Å². The van der Waals surface area contributed by atoms with Crippen molar-refractivity contribution in [2.24, 2.45) is 0 Å². The summed E-state index contributed by atoms with van der Waals surface area (Å²) in [5, 5.41) is 10.3. The van der Waals surface area contributed by atoms with Crippen LogP contribution in [0.5, 0.6) is 0 Å². The quantitative estimate of drug-likeness (QED) is 0.631. The second-order valence-corrected chi connectivity index (χ2v) is 11.0. The Morgan fingerprint density at radius 1 is 1.33 bits per heavy atom.